The summed E-state index contributed by atoms with van der Waals surface area (Å²) >= 11 is 1.11. The van der Waals surface area contributed by atoms with Crippen molar-refractivity contribution in [2.24, 2.45) is 10.7 Å². The van der Waals surface area contributed by atoms with Crippen LogP contribution in [0.3, 0.4) is 0 Å². The summed E-state index contributed by atoms with van der Waals surface area (Å²) in [6.45, 7) is 5.43. The molecule has 38 heavy (non-hydrogen) atoms. The Kier molecular flexibility index (Phi) is 7.12. The molecule has 0 unspecified atom stereocenters. The Morgan fingerprint density at radius 3 is 2.61 bits per heavy atom. The van der Waals surface area contributed by atoms with Crippen molar-refractivity contribution in [3.05, 3.63) is 65.6 Å². The van der Waals surface area contributed by atoms with Crippen LogP contribution in [0, 0.1) is 0 Å². The van der Waals surface area contributed by atoms with E-state index in [-0.39, 0.29) is 34.1 Å². The van der Waals surface area contributed by atoms with Crippen LogP contribution in [0.1, 0.15) is 37.2 Å². The molecule has 14 heteroatoms. The SMILES string of the molecule is C=C(/C(F)=C\C=C(/C)NC(=O)c1cnc(OCC(F)(F)F)cn1)[C@@]1(C)N=C(N)S[C@@]2(C(=O)NC3CC3)C=C12. The number of carbonyl (C=O) groups excluding carboxylic acids is 2. The van der Waals surface area contributed by atoms with Crippen molar-refractivity contribution in [1.82, 2.24) is 20.6 Å². The van der Waals surface area contributed by atoms with Crippen LogP contribution in [-0.2, 0) is 4.79 Å². The van der Waals surface area contributed by atoms with Crippen LogP contribution < -0.4 is 21.1 Å². The highest BCUT2D eigenvalue weighted by Crippen LogP contribution is 2.59. The second kappa shape index (κ2) is 9.89. The molecule has 0 aromatic carbocycles. The van der Waals surface area contributed by atoms with Crippen molar-refractivity contribution in [2.45, 2.75) is 49.2 Å². The molecule has 0 spiro atoms. The highest BCUT2D eigenvalue weighted by Gasteiger charge is 2.63. The van der Waals surface area contributed by atoms with E-state index >= 15 is 4.39 Å². The summed E-state index contributed by atoms with van der Waals surface area (Å²) in [4.78, 5) is 36.9. The first-order valence-electron chi connectivity index (χ1n) is 11.4. The number of hydrogen-bond donors (Lipinski definition) is 3. The number of amidine groups is 1. The molecule has 4 N–H and O–H groups in total. The molecule has 2 aliphatic carbocycles. The lowest BCUT2D eigenvalue weighted by molar-refractivity contribution is -0.154. The predicted molar refractivity (Wildman–Crippen MR) is 133 cm³/mol. The lowest BCUT2D eigenvalue weighted by Crippen LogP contribution is -2.46. The summed E-state index contributed by atoms with van der Waals surface area (Å²) in [6.07, 6.45) is 3.23. The topological polar surface area (TPSA) is 132 Å². The van der Waals surface area contributed by atoms with Gasteiger partial charge in [-0.05, 0) is 44.4 Å². The summed E-state index contributed by atoms with van der Waals surface area (Å²) in [5.41, 5.74) is 5.38. The number of hydrogen-bond acceptors (Lipinski definition) is 8. The maximum atomic E-state index is 15.2. The van der Waals surface area contributed by atoms with Crippen LogP contribution in [0.5, 0.6) is 5.88 Å². The fourth-order valence-corrected chi connectivity index (χ4v) is 4.88. The standard InChI is InChI=1S/C24H24F4N6O3S/c1-12(32-19(35)16-9-31-18(10-30-16)37-11-24(26,27)28)4-7-15(25)13(2)22(3)17-8-23(17,38-21(29)34-22)20(36)33-14-5-6-14/h4,7-10,14H,2,5-6,11H2,1,3H3,(H2,29,34)(H,32,35)(H,33,36)/b12-4+,15-7+/t22-,23+/m1/s1. The van der Waals surface area contributed by atoms with Gasteiger partial charge in [0, 0.05) is 17.3 Å². The van der Waals surface area contributed by atoms with Crippen molar-refractivity contribution in [1.29, 1.82) is 0 Å². The Morgan fingerprint density at radius 1 is 1.29 bits per heavy atom. The van der Waals surface area contributed by atoms with Crippen molar-refractivity contribution < 1.29 is 31.9 Å². The molecule has 9 nitrogen and oxygen atoms in total. The quantitative estimate of drug-likeness (QED) is 0.244. The number of rotatable bonds is 9. The number of amides is 2. The smallest absolute Gasteiger partial charge is 0.422 e. The van der Waals surface area contributed by atoms with Crippen LogP contribution in [0.2, 0.25) is 0 Å². The molecule has 2 heterocycles. The highest BCUT2D eigenvalue weighted by molar-refractivity contribution is 8.16. The number of thioether (sulfide) groups is 1. The minimum Gasteiger partial charge on any atom is -0.467 e. The Bertz CT molecular complexity index is 1300. The van der Waals surface area contributed by atoms with Crippen molar-refractivity contribution >= 4 is 28.7 Å². The van der Waals surface area contributed by atoms with Gasteiger partial charge in [-0.25, -0.2) is 19.4 Å². The molecule has 1 aromatic heterocycles. The number of nitrogens with two attached hydrogens (primary N) is 1. The lowest BCUT2D eigenvalue weighted by Gasteiger charge is -2.33. The minimum atomic E-state index is -4.54. The maximum Gasteiger partial charge on any atom is 0.422 e. The number of ether oxygens (including phenoxy) is 1. The molecule has 202 valence electrons. The van der Waals surface area contributed by atoms with Gasteiger partial charge in [-0.1, -0.05) is 24.4 Å². The Labute approximate surface area is 219 Å². The Balaban J connectivity index is 1.39. The van der Waals surface area contributed by atoms with Gasteiger partial charge in [0.2, 0.25) is 11.8 Å². The Hall–Kier alpha value is -3.68. The summed E-state index contributed by atoms with van der Waals surface area (Å²) in [5.74, 6) is -2.06. The monoisotopic (exact) mass is 552 g/mol. The number of nitrogens with one attached hydrogen (secondary N) is 2. The van der Waals surface area contributed by atoms with E-state index in [1.807, 2.05) is 0 Å². The third-order valence-electron chi connectivity index (χ3n) is 5.95. The van der Waals surface area contributed by atoms with Gasteiger partial charge in [0.1, 0.15) is 21.8 Å². The van der Waals surface area contributed by atoms with E-state index in [4.69, 9.17) is 5.73 Å². The van der Waals surface area contributed by atoms with Crippen LogP contribution in [-0.4, -0.2) is 56.1 Å². The molecule has 0 saturated heterocycles. The maximum absolute atomic E-state index is 15.2. The molecule has 1 fully saturated rings. The van der Waals surface area contributed by atoms with E-state index in [1.165, 1.54) is 13.0 Å². The zero-order valence-electron chi connectivity index (χ0n) is 20.4. The molecular weight excluding hydrogens is 528 g/mol. The predicted octanol–water partition coefficient (Wildman–Crippen LogP) is 3.24. The number of allylic oxidation sites excluding steroid dienone is 3. The first-order valence-corrected chi connectivity index (χ1v) is 12.2. The molecule has 0 bridgehead atoms. The minimum absolute atomic E-state index is 0.0104. The molecule has 3 aliphatic rings. The molecule has 2 amide bonds. The fourth-order valence-electron chi connectivity index (χ4n) is 3.69. The van der Waals surface area contributed by atoms with Gasteiger partial charge in [0.05, 0.1) is 12.4 Å². The molecule has 0 radical (unpaired) electrons. The second-order valence-corrected chi connectivity index (χ2v) is 10.4. The largest absolute Gasteiger partial charge is 0.467 e. The Morgan fingerprint density at radius 2 is 2.00 bits per heavy atom. The van der Waals surface area contributed by atoms with E-state index in [1.54, 1.807) is 13.0 Å². The number of nitrogens with zero attached hydrogens (tertiary/aromatic N) is 3. The summed E-state index contributed by atoms with van der Waals surface area (Å²) in [7, 11) is 0. The summed E-state index contributed by atoms with van der Waals surface area (Å²) in [6, 6.07) is 0.147. The average molecular weight is 553 g/mol. The van der Waals surface area contributed by atoms with Gasteiger partial charge in [-0.15, -0.1) is 0 Å². The van der Waals surface area contributed by atoms with E-state index in [0.717, 1.165) is 43.1 Å². The molecule has 1 saturated carbocycles. The third-order valence-corrected chi connectivity index (χ3v) is 7.09. The number of alkyl halides is 3. The summed E-state index contributed by atoms with van der Waals surface area (Å²) in [5, 5.41) is 5.55. The van der Waals surface area contributed by atoms with Crippen molar-refractivity contribution in [3.8, 4) is 5.88 Å². The number of aromatic nitrogens is 2. The van der Waals surface area contributed by atoms with Crippen LogP contribution in [0.25, 0.3) is 0 Å². The van der Waals surface area contributed by atoms with Gasteiger partial charge >= 0.3 is 6.18 Å². The zero-order valence-corrected chi connectivity index (χ0v) is 21.2. The highest BCUT2D eigenvalue weighted by atomic mass is 32.2. The summed E-state index contributed by atoms with van der Waals surface area (Å²) < 4.78 is 55.3. The number of aliphatic imine (C=N–C) groups is 1. The number of fused-ring (bicyclic) bond motifs is 1. The first-order chi connectivity index (χ1) is 17.7. The van der Waals surface area contributed by atoms with E-state index in [0.29, 0.717) is 5.57 Å². The fraction of sp³-hybridized carbons (Fsp3) is 0.375. The van der Waals surface area contributed by atoms with Gasteiger partial charge in [0.15, 0.2) is 11.8 Å². The second-order valence-electron chi connectivity index (χ2n) is 9.11. The van der Waals surface area contributed by atoms with Crippen LogP contribution in [0.4, 0.5) is 17.6 Å². The number of halogens is 4. The van der Waals surface area contributed by atoms with Crippen LogP contribution in [0.15, 0.2) is 64.9 Å². The molecule has 4 rings (SSSR count). The van der Waals surface area contributed by atoms with Crippen molar-refractivity contribution in [2.75, 3.05) is 6.61 Å². The molecule has 1 aromatic rings. The van der Waals surface area contributed by atoms with Gasteiger partial charge < -0.3 is 21.1 Å². The van der Waals surface area contributed by atoms with Gasteiger partial charge in [-0.3, -0.25) is 9.59 Å². The van der Waals surface area contributed by atoms with E-state index < -0.39 is 40.7 Å². The number of carbonyl (C=O) groups is 2. The van der Waals surface area contributed by atoms with Gasteiger partial charge in [-0.2, -0.15) is 13.2 Å². The molecule has 2 atom stereocenters. The van der Waals surface area contributed by atoms with E-state index in [9.17, 15) is 22.8 Å². The molecular formula is C24H24F4N6O3S. The lowest BCUT2D eigenvalue weighted by atomic mass is 9.87. The molecule has 1 aliphatic heterocycles. The van der Waals surface area contributed by atoms with Gasteiger partial charge in [0.25, 0.3) is 5.91 Å². The van der Waals surface area contributed by atoms with Crippen molar-refractivity contribution in [3.63, 3.8) is 0 Å². The van der Waals surface area contributed by atoms with Crippen LogP contribution >= 0.6 is 11.8 Å². The zero-order chi connectivity index (χ0) is 27.9. The third kappa shape index (κ3) is 5.90. The normalized spacial score (nSPS) is 25.0. The average Bonchev–Trinajstić information content (AvgIpc) is 3.77. The first kappa shape index (κ1) is 27.4. The van der Waals surface area contributed by atoms with E-state index in [2.05, 4.69) is 36.9 Å².